The van der Waals surface area contributed by atoms with Crippen LogP contribution < -0.4 is 0 Å². The van der Waals surface area contributed by atoms with Gasteiger partial charge in [0.2, 0.25) is 5.90 Å². The highest BCUT2D eigenvalue weighted by Crippen LogP contribution is 2.41. The van der Waals surface area contributed by atoms with Gasteiger partial charge in [-0.1, -0.05) is 108 Å². The Morgan fingerprint density at radius 2 is 0.900 bits per heavy atom. The minimum Gasteiger partial charge on any atom is -0.461 e. The molecule has 0 aliphatic carbocycles. The molecule has 1 aliphatic heterocycles. The van der Waals surface area contributed by atoms with Crippen molar-refractivity contribution in [3.8, 4) is 0 Å². The fourth-order valence-electron chi connectivity index (χ4n) is 4.81. The number of rotatable bonds is 10. The fraction of sp³-hybridized carbons (Fsp3) is 0.194. The van der Waals surface area contributed by atoms with Gasteiger partial charge in [-0.05, 0) is 48.5 Å². The van der Waals surface area contributed by atoms with Crippen molar-refractivity contribution in [3.63, 3.8) is 0 Å². The van der Waals surface area contributed by atoms with Crippen LogP contribution in [0.5, 0.6) is 0 Å². The quantitative estimate of drug-likeness (QED) is 0.0576. The topological polar surface area (TPSA) is 138 Å². The van der Waals surface area contributed by atoms with E-state index in [1.807, 2.05) is 0 Å². The van der Waals surface area contributed by atoms with Gasteiger partial charge in [0.15, 0.2) is 23.7 Å². The zero-order valence-electron chi connectivity index (χ0n) is 25.9. The monoisotopic (exact) mass is 755 g/mol. The number of hydrogen-bond acceptors (Lipinski definition) is 11. The van der Waals surface area contributed by atoms with Crippen LogP contribution in [0, 0.1) is 5.41 Å². The van der Waals surface area contributed by atoms with Crippen molar-refractivity contribution in [1.82, 2.24) is 0 Å². The minimum atomic E-state index is -2.34. The molecule has 0 bridgehead atoms. The summed E-state index contributed by atoms with van der Waals surface area (Å²) in [5, 5.41) is 7.29. The van der Waals surface area contributed by atoms with E-state index in [1.54, 1.807) is 84.9 Å². The van der Waals surface area contributed by atoms with Crippen LogP contribution >= 0.6 is 46.6 Å². The van der Waals surface area contributed by atoms with Crippen LogP contribution in [-0.2, 0) is 23.7 Å². The first kappa shape index (κ1) is 36.7. The summed E-state index contributed by atoms with van der Waals surface area (Å²) < 4.78 is 27.0. The van der Waals surface area contributed by atoms with Crippen LogP contribution in [0.15, 0.2) is 121 Å². The Kier molecular flexibility index (Phi) is 12.4. The van der Waals surface area contributed by atoms with Crippen LogP contribution in [-0.4, -0.2) is 69.2 Å². The molecule has 5 atom stereocenters. The SMILES string of the molecule is N=C(O[C@@H]1SC(COC(=O)c2ccccc2)[C@H](OC(=O)c2ccccc2)[C@H](OC(=O)c2ccccc2)C1OC(=O)c1ccccc1)C(Cl)(Cl)Cl. The molecule has 1 heterocycles. The molecule has 258 valence electrons. The van der Waals surface area contributed by atoms with Gasteiger partial charge in [0, 0.05) is 0 Å². The number of benzene rings is 4. The molecule has 0 amide bonds. The van der Waals surface area contributed by atoms with E-state index in [2.05, 4.69) is 0 Å². The molecule has 1 fully saturated rings. The number of ether oxygens (including phenoxy) is 5. The number of thioether (sulfide) groups is 1. The second-order valence-corrected chi connectivity index (χ2v) is 14.3. The van der Waals surface area contributed by atoms with Gasteiger partial charge in [-0.3, -0.25) is 5.41 Å². The van der Waals surface area contributed by atoms with E-state index in [-0.39, 0.29) is 22.3 Å². The van der Waals surface area contributed by atoms with Gasteiger partial charge < -0.3 is 23.7 Å². The van der Waals surface area contributed by atoms with E-state index in [0.29, 0.717) is 0 Å². The Bertz CT molecular complexity index is 1800. The van der Waals surface area contributed by atoms with Gasteiger partial charge in [-0.2, -0.15) is 0 Å². The van der Waals surface area contributed by atoms with Gasteiger partial charge in [0.25, 0.3) is 3.79 Å². The zero-order chi connectivity index (χ0) is 35.7. The summed E-state index contributed by atoms with van der Waals surface area (Å²) in [6.45, 7) is -0.412. The fourth-order valence-corrected chi connectivity index (χ4v) is 6.31. The van der Waals surface area contributed by atoms with Crippen LogP contribution in [0.1, 0.15) is 41.4 Å². The first-order valence-corrected chi connectivity index (χ1v) is 17.1. The molecule has 50 heavy (non-hydrogen) atoms. The average Bonchev–Trinajstić information content (AvgIpc) is 3.13. The maximum atomic E-state index is 13.6. The first-order chi connectivity index (χ1) is 24.0. The van der Waals surface area contributed by atoms with E-state index >= 15 is 0 Å². The van der Waals surface area contributed by atoms with E-state index in [1.165, 1.54) is 36.4 Å². The maximum Gasteiger partial charge on any atom is 0.338 e. The molecular weight excluding hydrogens is 729 g/mol. The van der Waals surface area contributed by atoms with Gasteiger partial charge in [0.05, 0.1) is 27.5 Å². The molecule has 1 saturated heterocycles. The van der Waals surface area contributed by atoms with Crippen LogP contribution in [0.2, 0.25) is 0 Å². The molecule has 14 heteroatoms. The summed E-state index contributed by atoms with van der Waals surface area (Å²) in [5.41, 5.74) is -0.729. The molecular formula is C36H28Cl3NO9S. The summed E-state index contributed by atoms with van der Waals surface area (Å²) in [5.74, 6) is -4.06. The normalized spacial score (nSPS) is 20.1. The van der Waals surface area contributed by atoms with Crippen molar-refractivity contribution in [1.29, 1.82) is 5.41 Å². The molecule has 2 unspecified atom stereocenters. The lowest BCUT2D eigenvalue weighted by molar-refractivity contribution is -0.112. The molecule has 4 aromatic carbocycles. The number of carbonyl (C=O) groups is 4. The van der Waals surface area contributed by atoms with Gasteiger partial charge in [0.1, 0.15) is 6.61 Å². The highest BCUT2D eigenvalue weighted by Gasteiger charge is 2.54. The van der Waals surface area contributed by atoms with Crippen molar-refractivity contribution in [3.05, 3.63) is 144 Å². The highest BCUT2D eigenvalue weighted by molar-refractivity contribution is 8.00. The van der Waals surface area contributed by atoms with Crippen molar-refractivity contribution in [2.24, 2.45) is 0 Å². The van der Waals surface area contributed by atoms with Crippen molar-refractivity contribution in [2.45, 2.75) is 32.8 Å². The summed E-state index contributed by atoms with van der Waals surface area (Å²) in [6, 6.07) is 32.1. The zero-order valence-corrected chi connectivity index (χ0v) is 28.9. The Morgan fingerprint density at radius 3 is 1.30 bits per heavy atom. The molecule has 5 rings (SSSR count). The maximum absolute atomic E-state index is 13.6. The summed E-state index contributed by atoms with van der Waals surface area (Å²) in [7, 11) is 0. The smallest absolute Gasteiger partial charge is 0.338 e. The number of halogens is 3. The molecule has 0 saturated carbocycles. The van der Waals surface area contributed by atoms with Gasteiger partial charge in [-0.15, -0.1) is 11.8 Å². The van der Waals surface area contributed by atoms with Crippen molar-refractivity contribution >= 4 is 76.3 Å². The van der Waals surface area contributed by atoms with Crippen LogP contribution in [0.4, 0.5) is 0 Å². The summed E-state index contributed by atoms with van der Waals surface area (Å²) in [6.07, 6.45) is -4.58. The third-order valence-corrected chi connectivity index (χ3v) is 9.13. The summed E-state index contributed by atoms with van der Waals surface area (Å²) in [4.78, 5) is 53.7. The summed E-state index contributed by atoms with van der Waals surface area (Å²) >= 11 is 18.8. The first-order valence-electron chi connectivity index (χ1n) is 15.0. The molecule has 0 radical (unpaired) electrons. The standard InChI is InChI=1S/C36H28Cl3NO9S/c37-36(38,39)35(40)49-34-29(48-33(44)25-19-11-4-12-20-25)28(47-32(43)24-17-9-3-10-18-24)27(46-31(42)23-15-7-2-8-16-23)26(50-34)21-45-30(41)22-13-5-1-6-14-22/h1-20,26-29,34,40H,21H2/t26?,27-,28-,29?,34+/m0/s1. The highest BCUT2D eigenvalue weighted by atomic mass is 35.6. The lowest BCUT2D eigenvalue weighted by atomic mass is 10.0. The van der Waals surface area contributed by atoms with E-state index in [9.17, 15) is 19.2 Å². The second-order valence-electron chi connectivity index (χ2n) is 10.7. The minimum absolute atomic E-state index is 0.130. The predicted molar refractivity (Wildman–Crippen MR) is 188 cm³/mol. The van der Waals surface area contributed by atoms with E-state index < -0.39 is 69.2 Å². The number of nitrogens with one attached hydrogen (secondary N) is 1. The van der Waals surface area contributed by atoms with Crippen molar-refractivity contribution in [2.75, 3.05) is 6.61 Å². The molecule has 4 aromatic rings. The largest absolute Gasteiger partial charge is 0.461 e. The lowest BCUT2D eigenvalue weighted by Crippen LogP contribution is -2.60. The van der Waals surface area contributed by atoms with Gasteiger partial charge >= 0.3 is 23.9 Å². The number of hydrogen-bond donors (Lipinski definition) is 1. The molecule has 1 N–H and O–H groups in total. The van der Waals surface area contributed by atoms with E-state index in [0.717, 1.165) is 11.8 Å². The van der Waals surface area contributed by atoms with Crippen LogP contribution in [0.3, 0.4) is 0 Å². The Labute approximate surface area is 306 Å². The van der Waals surface area contributed by atoms with Crippen molar-refractivity contribution < 1.29 is 42.9 Å². The Morgan fingerprint density at radius 1 is 0.540 bits per heavy atom. The Balaban J connectivity index is 1.58. The van der Waals surface area contributed by atoms with Gasteiger partial charge in [-0.25, -0.2) is 19.2 Å². The second kappa shape index (κ2) is 16.9. The number of esters is 4. The lowest BCUT2D eigenvalue weighted by Gasteiger charge is -2.44. The number of carbonyl (C=O) groups excluding carboxylic acids is 4. The molecule has 10 nitrogen and oxygen atoms in total. The molecule has 0 spiro atoms. The molecule has 1 aliphatic rings. The Hall–Kier alpha value is -4.55. The van der Waals surface area contributed by atoms with E-state index in [4.69, 9.17) is 63.9 Å². The average molecular weight is 757 g/mol. The third-order valence-electron chi connectivity index (χ3n) is 7.23. The van der Waals surface area contributed by atoms with Crippen LogP contribution in [0.25, 0.3) is 0 Å². The molecule has 0 aromatic heterocycles. The predicted octanol–water partition coefficient (Wildman–Crippen LogP) is 7.33. The third kappa shape index (κ3) is 9.57. The number of alkyl halides is 3.